The Hall–Kier alpha value is -0.780. The third kappa shape index (κ3) is 2.20. The van der Waals surface area contributed by atoms with E-state index in [4.69, 9.17) is 8.22 Å². The number of rotatable bonds is 2. The monoisotopic (exact) mass is 370 g/mol. The predicted molar refractivity (Wildman–Crippen MR) is 95.2 cm³/mol. The van der Waals surface area contributed by atoms with E-state index in [1.807, 2.05) is 0 Å². The van der Waals surface area contributed by atoms with Gasteiger partial charge in [0.05, 0.1) is 8.85 Å². The lowest BCUT2D eigenvalue weighted by molar-refractivity contribution is -0.180. The van der Waals surface area contributed by atoms with Gasteiger partial charge in [0, 0.05) is 23.2 Å². The van der Waals surface area contributed by atoms with Gasteiger partial charge in [-0.25, -0.2) is 0 Å². The van der Waals surface area contributed by atoms with Crippen LogP contribution in [0.4, 0.5) is 0 Å². The number of carbonyl (C=O) groups is 2. The normalized spacial score (nSPS) is 61.4. The zero-order valence-corrected chi connectivity index (χ0v) is 15.3. The molecule has 4 saturated carbocycles. The highest BCUT2D eigenvalue weighted by molar-refractivity contribution is 5.92. The molecule has 8 atom stereocenters. The van der Waals surface area contributed by atoms with Gasteiger partial charge in [-0.2, -0.15) is 0 Å². The van der Waals surface area contributed by atoms with Crippen LogP contribution in [-0.2, 0) is 9.59 Å². The molecule has 4 rings (SSSR count). The van der Waals surface area contributed by atoms with Crippen molar-refractivity contribution in [2.75, 3.05) is 6.56 Å². The summed E-state index contributed by atoms with van der Waals surface area (Å²) < 4.78 is 48.4. The van der Waals surface area contributed by atoms with Crippen LogP contribution in [-0.4, -0.2) is 45.2 Å². The molecule has 0 aromatic heterocycles. The van der Waals surface area contributed by atoms with Crippen molar-refractivity contribution in [3.05, 3.63) is 0 Å². The number of hydrogen-bond acceptors (Lipinski definition) is 5. The molecule has 5 heteroatoms. The average Bonchev–Trinajstić information content (AvgIpc) is 2.89. The zero-order chi connectivity index (χ0) is 24.3. The van der Waals surface area contributed by atoms with Gasteiger partial charge < -0.3 is 15.3 Å². The average molecular weight is 371 g/mol. The van der Waals surface area contributed by atoms with Crippen LogP contribution < -0.4 is 0 Å². The van der Waals surface area contributed by atoms with Gasteiger partial charge in [0.25, 0.3) is 0 Å². The Labute approximate surface area is 163 Å². The second-order valence-electron chi connectivity index (χ2n) is 9.23. The molecule has 0 radical (unpaired) electrons. The lowest BCUT2D eigenvalue weighted by Gasteiger charge is -2.60. The van der Waals surface area contributed by atoms with Crippen LogP contribution in [0.15, 0.2) is 0 Å². The van der Waals surface area contributed by atoms with Gasteiger partial charge in [0.2, 0.25) is 0 Å². The molecule has 146 valence electrons. The maximum atomic E-state index is 13.6. The third-order valence-corrected chi connectivity index (χ3v) is 8.22. The van der Waals surface area contributed by atoms with Gasteiger partial charge >= 0.3 is 0 Å². The highest BCUT2D eigenvalue weighted by atomic mass is 16.3. The maximum Gasteiger partial charge on any atom is 0.190 e. The van der Waals surface area contributed by atoms with Gasteiger partial charge in [-0.1, -0.05) is 13.8 Å². The summed E-state index contributed by atoms with van der Waals surface area (Å²) in [5.74, 6) is -3.68. The van der Waals surface area contributed by atoms with Gasteiger partial charge in [0.15, 0.2) is 5.78 Å². The smallest absolute Gasteiger partial charge is 0.190 e. The van der Waals surface area contributed by atoms with E-state index in [1.165, 1.54) is 0 Å². The number of aliphatic hydroxyl groups is 3. The lowest BCUT2D eigenvalue weighted by atomic mass is 9.44. The number of Topliss-reactive ketones (excluding diaryl/α,β-unsaturated/α-hetero) is 2. The highest BCUT2D eigenvalue weighted by Crippen LogP contribution is 2.67. The molecule has 0 aromatic rings. The minimum absolute atomic E-state index is 0.0793. The largest absolute Gasteiger partial charge is 0.393 e. The van der Waals surface area contributed by atoms with Gasteiger partial charge in [-0.15, -0.1) is 0 Å². The minimum Gasteiger partial charge on any atom is -0.393 e. The summed E-state index contributed by atoms with van der Waals surface area (Å²) in [4.78, 5) is 26.3. The molecule has 0 spiro atoms. The van der Waals surface area contributed by atoms with E-state index < -0.39 is 59.5 Å². The Morgan fingerprint density at radius 2 is 2.04 bits per heavy atom. The standard InChI is InChI=1S/C21H32O5/c1-19-7-5-13(23)9-12(19)3-4-14-15-6-8-21(26,17(25)11-22)20(15,2)10-16(24)18(14)19/h12-15,18,22-23,26H,3-11H2,1-2H3/t12-,13-,14+,15+,18-,19+,20?,21-/m1/s1/i5D2,9D2,11D2. The molecule has 4 fully saturated rings. The number of carbonyl (C=O) groups excluding carboxylic acids is 2. The predicted octanol–water partition coefficient (Wildman–Crippen LogP) is 1.86. The van der Waals surface area contributed by atoms with Crippen molar-refractivity contribution in [1.82, 2.24) is 0 Å². The second-order valence-corrected chi connectivity index (χ2v) is 9.23. The summed E-state index contributed by atoms with van der Waals surface area (Å²) in [5, 5.41) is 31.4. The molecule has 3 N–H and O–H groups in total. The summed E-state index contributed by atoms with van der Waals surface area (Å²) in [5.41, 5.74) is -4.50. The van der Waals surface area contributed by atoms with Crippen molar-refractivity contribution in [3.8, 4) is 0 Å². The van der Waals surface area contributed by atoms with E-state index >= 15 is 0 Å². The van der Waals surface area contributed by atoms with Crippen LogP contribution in [0.2, 0.25) is 0 Å². The molecule has 26 heavy (non-hydrogen) atoms. The summed E-state index contributed by atoms with van der Waals surface area (Å²) >= 11 is 0. The molecule has 1 unspecified atom stereocenters. The molecule has 0 amide bonds. The number of hydrogen-bond donors (Lipinski definition) is 3. The lowest BCUT2D eigenvalue weighted by Crippen LogP contribution is -2.62. The van der Waals surface area contributed by atoms with E-state index in [9.17, 15) is 24.9 Å². The molecular formula is C21H32O5. The van der Waals surface area contributed by atoms with Crippen LogP contribution >= 0.6 is 0 Å². The summed E-state index contributed by atoms with van der Waals surface area (Å²) in [7, 11) is 0. The summed E-state index contributed by atoms with van der Waals surface area (Å²) in [6.45, 7) is 0.0943. The van der Waals surface area contributed by atoms with Crippen LogP contribution in [0.25, 0.3) is 0 Å². The van der Waals surface area contributed by atoms with Crippen molar-refractivity contribution < 1.29 is 33.1 Å². The fraction of sp³-hybridized carbons (Fsp3) is 0.905. The molecule has 4 aliphatic carbocycles. The zero-order valence-electron chi connectivity index (χ0n) is 21.3. The third-order valence-electron chi connectivity index (χ3n) is 8.22. The quantitative estimate of drug-likeness (QED) is 0.690. The Morgan fingerprint density at radius 1 is 1.31 bits per heavy atom. The van der Waals surface area contributed by atoms with Crippen LogP contribution in [0, 0.1) is 34.5 Å². The van der Waals surface area contributed by atoms with Gasteiger partial charge in [-0.05, 0) is 68.0 Å². The molecule has 0 saturated heterocycles. The fourth-order valence-electron chi connectivity index (χ4n) is 6.85. The Kier molecular flexibility index (Phi) is 2.85. The van der Waals surface area contributed by atoms with Gasteiger partial charge in [-0.3, -0.25) is 9.59 Å². The first-order valence-corrected chi connectivity index (χ1v) is 9.54. The van der Waals surface area contributed by atoms with Crippen molar-refractivity contribution >= 4 is 11.6 Å². The van der Waals surface area contributed by atoms with Crippen molar-refractivity contribution in [1.29, 1.82) is 0 Å². The SMILES string of the molecule is [2H]C([2H])(O)C(=O)[C@]1(O)CC[C@H]2[C@@H]3CC[C@@H]4C([2H])([2H])[C@H](O)C([2H])([2H])C[C@]4(C)[C@H]3C(=O)CC21C. The summed E-state index contributed by atoms with van der Waals surface area (Å²) in [6, 6.07) is 0. The van der Waals surface area contributed by atoms with Crippen LogP contribution in [0.1, 0.15) is 73.3 Å². The minimum atomic E-state index is -3.23. The number of fused-ring (bicyclic) bond motifs is 5. The highest BCUT2D eigenvalue weighted by Gasteiger charge is 2.68. The van der Waals surface area contributed by atoms with E-state index in [2.05, 4.69) is 0 Å². The van der Waals surface area contributed by atoms with Crippen molar-refractivity contribution in [2.24, 2.45) is 34.5 Å². The van der Waals surface area contributed by atoms with E-state index in [0.29, 0.717) is 19.3 Å². The topological polar surface area (TPSA) is 94.8 Å². The first-order valence-electron chi connectivity index (χ1n) is 12.5. The van der Waals surface area contributed by atoms with E-state index in [0.717, 1.165) is 0 Å². The Bertz CT molecular complexity index is 858. The van der Waals surface area contributed by atoms with Crippen molar-refractivity contribution in [3.63, 3.8) is 0 Å². The molecular weight excluding hydrogens is 332 g/mol. The Morgan fingerprint density at radius 3 is 2.73 bits per heavy atom. The first kappa shape index (κ1) is 12.6. The molecule has 0 aromatic carbocycles. The van der Waals surface area contributed by atoms with E-state index in [1.54, 1.807) is 13.8 Å². The molecule has 0 aliphatic heterocycles. The molecule has 4 aliphatic rings. The van der Waals surface area contributed by atoms with Gasteiger partial charge in [0.1, 0.15) is 17.9 Å². The Balaban J connectivity index is 1.76. The first-order chi connectivity index (χ1) is 14.3. The van der Waals surface area contributed by atoms with Crippen LogP contribution in [0.5, 0.6) is 0 Å². The van der Waals surface area contributed by atoms with E-state index in [-0.39, 0.29) is 36.9 Å². The summed E-state index contributed by atoms with van der Waals surface area (Å²) in [6.07, 6.45) is -5.56. The molecule has 0 bridgehead atoms. The van der Waals surface area contributed by atoms with Crippen molar-refractivity contribution in [2.45, 2.75) is 76.8 Å². The number of aliphatic hydroxyl groups excluding tert-OH is 1. The molecule has 5 nitrogen and oxygen atoms in total. The fourth-order valence-corrected chi connectivity index (χ4v) is 6.85. The van der Waals surface area contributed by atoms with Crippen LogP contribution in [0.3, 0.4) is 0 Å². The number of ketones is 2. The maximum absolute atomic E-state index is 13.6. The second kappa shape index (κ2) is 5.86. The molecule has 0 heterocycles.